The van der Waals surface area contributed by atoms with E-state index >= 15 is 0 Å². The maximum Gasteiger partial charge on any atom is 0.290 e. The van der Waals surface area contributed by atoms with E-state index in [-0.39, 0.29) is 5.75 Å². The van der Waals surface area contributed by atoms with Gasteiger partial charge in [-0.2, -0.15) is 0 Å². The molecule has 1 aliphatic heterocycles. The van der Waals surface area contributed by atoms with Crippen molar-refractivity contribution in [2.75, 3.05) is 30.3 Å². The number of nitrogens with zero attached hydrogens (tertiary/aromatic N) is 2. The Morgan fingerprint density at radius 1 is 1.32 bits per heavy atom. The molecule has 2 fully saturated rings. The van der Waals surface area contributed by atoms with Gasteiger partial charge in [0, 0.05) is 17.0 Å². The molecule has 2 unspecified atom stereocenters. The van der Waals surface area contributed by atoms with Crippen LogP contribution >= 0.6 is 0 Å². The van der Waals surface area contributed by atoms with Crippen molar-refractivity contribution in [2.24, 2.45) is 17.8 Å². The number of pyridine rings is 2. The molecule has 0 amide bonds. The van der Waals surface area contributed by atoms with Gasteiger partial charge in [-0.05, 0) is 43.9 Å². The predicted molar refractivity (Wildman–Crippen MR) is 115 cm³/mol. The molecule has 1 aliphatic carbocycles. The average Bonchev–Trinajstić information content (AvgIpc) is 3.12. The first-order valence-electron chi connectivity index (χ1n) is 10.3. The van der Waals surface area contributed by atoms with Crippen LogP contribution in [0.1, 0.15) is 12.6 Å². The highest BCUT2D eigenvalue weighted by Crippen LogP contribution is 2.51. The lowest BCUT2D eigenvalue weighted by atomic mass is 10.0. The number of hydrogen-bond acceptors (Lipinski definition) is 6. The van der Waals surface area contributed by atoms with E-state index in [4.69, 9.17) is 9.47 Å². The van der Waals surface area contributed by atoms with E-state index in [0.29, 0.717) is 58.2 Å². The van der Waals surface area contributed by atoms with Gasteiger partial charge in [-0.3, -0.25) is 4.72 Å². The summed E-state index contributed by atoms with van der Waals surface area (Å²) in [6.45, 7) is 5.38. The van der Waals surface area contributed by atoms with Crippen LogP contribution in [0, 0.1) is 29.9 Å². The second-order valence-corrected chi connectivity index (χ2v) is 10.2. The molecular weight excluding hydrogens is 420 g/mol. The Hall–Kier alpha value is -2.85. The third-order valence-electron chi connectivity index (χ3n) is 6.23. The minimum atomic E-state index is -3.46. The lowest BCUT2D eigenvalue weighted by Gasteiger charge is -2.16. The summed E-state index contributed by atoms with van der Waals surface area (Å²) in [5, 5.41) is 13.1. The Morgan fingerprint density at radius 3 is 2.84 bits per heavy atom. The van der Waals surface area contributed by atoms with E-state index in [1.54, 1.807) is 32.2 Å². The standard InChI is InChI=1S/C21H24N4O5S/c1-3-31(27,28)24-13-7-16(15-6-12(2)25(26)20-14(15)4-5-22-20)21(23-8-13)30-11-19-17-9-29-10-18(17)19/h4-8,17-19,22,24H,3,9-11H2,1-2H3. The highest BCUT2D eigenvalue weighted by atomic mass is 32.2. The molecule has 31 heavy (non-hydrogen) atoms. The molecule has 9 nitrogen and oxygen atoms in total. The molecule has 2 N–H and O–H groups in total. The zero-order valence-corrected chi connectivity index (χ0v) is 18.1. The molecule has 10 heteroatoms. The van der Waals surface area contributed by atoms with Gasteiger partial charge in [0.1, 0.15) is 5.69 Å². The van der Waals surface area contributed by atoms with Gasteiger partial charge < -0.3 is 14.7 Å². The zero-order valence-electron chi connectivity index (χ0n) is 17.3. The van der Waals surface area contributed by atoms with Gasteiger partial charge >= 0.3 is 0 Å². The van der Waals surface area contributed by atoms with Crippen LogP contribution in [-0.2, 0) is 14.8 Å². The van der Waals surface area contributed by atoms with Gasteiger partial charge in [-0.1, -0.05) is 0 Å². The van der Waals surface area contributed by atoms with Crippen molar-refractivity contribution in [3.63, 3.8) is 0 Å². The van der Waals surface area contributed by atoms with Crippen LogP contribution in [0.15, 0.2) is 30.6 Å². The first-order valence-corrected chi connectivity index (χ1v) is 11.9. The van der Waals surface area contributed by atoms with Crippen molar-refractivity contribution >= 4 is 26.7 Å². The fraction of sp³-hybridized carbons (Fsp3) is 0.429. The first kappa shape index (κ1) is 20.1. The molecule has 0 aromatic carbocycles. The molecule has 164 valence electrons. The molecule has 0 bridgehead atoms. The SMILES string of the molecule is CCS(=O)(=O)Nc1cnc(OCC2C3COCC32)c(-c2cc(C)[n+]([O-])c3[nH]ccc23)c1. The summed E-state index contributed by atoms with van der Waals surface area (Å²) in [5.41, 5.74) is 2.66. The molecule has 3 aromatic heterocycles. The minimum absolute atomic E-state index is 0.0458. The van der Waals surface area contributed by atoms with Gasteiger partial charge in [0.05, 0.1) is 49.0 Å². The fourth-order valence-electron chi connectivity index (χ4n) is 4.34. The molecule has 2 atom stereocenters. The Bertz CT molecular complexity index is 1250. The van der Waals surface area contributed by atoms with Crippen molar-refractivity contribution in [1.29, 1.82) is 0 Å². The summed E-state index contributed by atoms with van der Waals surface area (Å²) < 4.78 is 39.1. The van der Waals surface area contributed by atoms with Gasteiger partial charge in [-0.15, -0.1) is 0 Å². The summed E-state index contributed by atoms with van der Waals surface area (Å²) in [7, 11) is -3.46. The number of fused-ring (bicyclic) bond motifs is 2. The van der Waals surface area contributed by atoms with Gasteiger partial charge in [-0.25, -0.2) is 23.1 Å². The lowest BCUT2D eigenvalue weighted by Crippen LogP contribution is -2.31. The van der Waals surface area contributed by atoms with Crippen LogP contribution in [0.2, 0.25) is 0 Å². The Kier molecular flexibility index (Phi) is 4.78. The zero-order chi connectivity index (χ0) is 21.8. The topological polar surface area (TPSA) is 120 Å². The van der Waals surface area contributed by atoms with Crippen LogP contribution in [-0.4, -0.2) is 44.0 Å². The maximum atomic E-state index is 12.4. The number of aromatic nitrogens is 3. The van der Waals surface area contributed by atoms with E-state index < -0.39 is 10.0 Å². The molecule has 4 heterocycles. The molecule has 1 saturated carbocycles. The molecule has 5 rings (SSSR count). The fourth-order valence-corrected chi connectivity index (χ4v) is 4.95. The largest absolute Gasteiger partial charge is 0.710 e. The molecule has 1 saturated heterocycles. The van der Waals surface area contributed by atoms with Gasteiger partial charge in [0.15, 0.2) is 0 Å². The van der Waals surface area contributed by atoms with Crippen molar-refractivity contribution in [3.8, 4) is 17.0 Å². The quantitative estimate of drug-likeness (QED) is 0.426. The number of H-pyrrole nitrogens is 1. The molecule has 2 aliphatic rings. The number of anilines is 1. The van der Waals surface area contributed by atoms with Crippen LogP contribution in [0.4, 0.5) is 5.69 Å². The summed E-state index contributed by atoms with van der Waals surface area (Å²) in [4.78, 5) is 7.41. The molecule has 0 radical (unpaired) electrons. The number of rotatable bonds is 7. The van der Waals surface area contributed by atoms with E-state index in [1.807, 2.05) is 6.07 Å². The van der Waals surface area contributed by atoms with Crippen LogP contribution < -0.4 is 14.2 Å². The summed E-state index contributed by atoms with van der Waals surface area (Å²) in [6.07, 6.45) is 3.16. The smallest absolute Gasteiger partial charge is 0.290 e. The maximum absolute atomic E-state index is 12.4. The average molecular weight is 445 g/mol. The number of sulfonamides is 1. The normalized spacial score (nSPS) is 22.5. The third-order valence-corrected chi connectivity index (χ3v) is 7.54. The molecule has 3 aromatic rings. The minimum Gasteiger partial charge on any atom is -0.710 e. The second-order valence-electron chi connectivity index (χ2n) is 8.16. The second kappa shape index (κ2) is 7.38. The van der Waals surface area contributed by atoms with Crippen LogP contribution in [0.3, 0.4) is 0 Å². The van der Waals surface area contributed by atoms with Crippen molar-refractivity contribution in [2.45, 2.75) is 13.8 Å². The monoisotopic (exact) mass is 444 g/mol. The summed E-state index contributed by atoms with van der Waals surface area (Å²) in [6, 6.07) is 5.29. The van der Waals surface area contributed by atoms with Gasteiger partial charge in [0.2, 0.25) is 15.9 Å². The van der Waals surface area contributed by atoms with Crippen molar-refractivity contribution < 1.29 is 22.6 Å². The Labute approximate surface area is 180 Å². The number of aryl methyl sites for hydroxylation is 1. The van der Waals surface area contributed by atoms with E-state index in [0.717, 1.165) is 23.5 Å². The highest BCUT2D eigenvalue weighted by Gasteiger charge is 2.54. The van der Waals surface area contributed by atoms with Crippen LogP contribution in [0.25, 0.3) is 22.2 Å². The predicted octanol–water partition coefficient (Wildman–Crippen LogP) is 2.20. The van der Waals surface area contributed by atoms with E-state index in [2.05, 4.69) is 14.7 Å². The van der Waals surface area contributed by atoms with Gasteiger partial charge in [0.25, 0.3) is 5.65 Å². The number of ether oxygens (including phenoxy) is 2. The third kappa shape index (κ3) is 3.59. The number of nitrogens with one attached hydrogen (secondary N) is 2. The lowest BCUT2D eigenvalue weighted by molar-refractivity contribution is -0.586. The van der Waals surface area contributed by atoms with Crippen molar-refractivity contribution in [1.82, 2.24) is 9.97 Å². The van der Waals surface area contributed by atoms with Crippen molar-refractivity contribution in [3.05, 3.63) is 41.5 Å². The molecule has 0 spiro atoms. The van der Waals surface area contributed by atoms with Crippen LogP contribution in [0.5, 0.6) is 5.88 Å². The number of hydrogen-bond donors (Lipinski definition) is 2. The highest BCUT2D eigenvalue weighted by molar-refractivity contribution is 7.92. The number of aromatic amines is 1. The summed E-state index contributed by atoms with van der Waals surface area (Å²) >= 11 is 0. The first-order chi connectivity index (χ1) is 14.9. The Balaban J connectivity index is 1.55. The van der Waals surface area contributed by atoms with E-state index in [9.17, 15) is 13.6 Å². The van der Waals surface area contributed by atoms with E-state index in [1.165, 1.54) is 6.20 Å². The Morgan fingerprint density at radius 2 is 2.10 bits per heavy atom. The summed E-state index contributed by atoms with van der Waals surface area (Å²) in [5.74, 6) is 1.92. The molecular formula is C21H24N4O5S.